The fourth-order valence-corrected chi connectivity index (χ4v) is 3.84. The normalized spacial score (nSPS) is 28.5. The maximum Gasteiger partial charge on any atom is 0.243 e. The van der Waals surface area contributed by atoms with Crippen LogP contribution in [0.15, 0.2) is 29.2 Å². The van der Waals surface area contributed by atoms with Gasteiger partial charge in [0.2, 0.25) is 10.0 Å². The molecule has 1 aliphatic heterocycles. The number of hydrogen-bond acceptors (Lipinski definition) is 4. The van der Waals surface area contributed by atoms with E-state index in [4.69, 9.17) is 4.74 Å². The Morgan fingerprint density at radius 3 is 2.68 bits per heavy atom. The second-order valence-corrected chi connectivity index (χ2v) is 7.17. The zero-order chi connectivity index (χ0) is 14.3. The van der Waals surface area contributed by atoms with Gasteiger partial charge >= 0.3 is 0 Å². The molecule has 2 atom stereocenters. The molecule has 1 aromatic rings. The van der Waals surface area contributed by atoms with Crippen LogP contribution in [0.3, 0.4) is 0 Å². The first-order valence-electron chi connectivity index (χ1n) is 6.14. The highest BCUT2D eigenvalue weighted by atomic mass is 32.2. The zero-order valence-corrected chi connectivity index (χ0v) is 12.1. The van der Waals surface area contributed by atoms with E-state index in [0.29, 0.717) is 12.3 Å². The summed E-state index contributed by atoms with van der Waals surface area (Å²) in [5, 5.41) is 10.1. The van der Waals surface area contributed by atoms with Gasteiger partial charge in [-0.3, -0.25) is 0 Å². The van der Waals surface area contributed by atoms with Crippen LogP contribution in [0.25, 0.3) is 0 Å². The third-order valence-electron chi connectivity index (χ3n) is 3.71. The third-order valence-corrected chi connectivity index (χ3v) is 5.52. The Kier molecular flexibility index (Phi) is 3.59. The number of sulfonamides is 1. The molecule has 0 aromatic heterocycles. The van der Waals surface area contributed by atoms with Gasteiger partial charge in [-0.15, -0.1) is 0 Å². The van der Waals surface area contributed by atoms with E-state index in [-0.39, 0.29) is 17.4 Å². The Balaban J connectivity index is 2.33. The molecule has 0 amide bonds. The van der Waals surface area contributed by atoms with E-state index in [1.54, 1.807) is 19.1 Å². The minimum absolute atomic E-state index is 0.0899. The van der Waals surface area contributed by atoms with Crippen LogP contribution in [0, 0.1) is 5.92 Å². The molecule has 0 radical (unpaired) electrons. The fourth-order valence-electron chi connectivity index (χ4n) is 2.17. The van der Waals surface area contributed by atoms with Gasteiger partial charge < -0.3 is 9.84 Å². The van der Waals surface area contributed by atoms with E-state index in [9.17, 15) is 13.5 Å². The average molecular weight is 285 g/mol. The van der Waals surface area contributed by atoms with Crippen LogP contribution in [-0.2, 0) is 10.0 Å². The highest BCUT2D eigenvalue weighted by Crippen LogP contribution is 2.31. The van der Waals surface area contributed by atoms with Crippen molar-refractivity contribution in [1.82, 2.24) is 4.31 Å². The number of hydrogen-bond donors (Lipinski definition) is 1. The van der Waals surface area contributed by atoms with Gasteiger partial charge in [-0.05, 0) is 25.0 Å². The summed E-state index contributed by atoms with van der Waals surface area (Å²) < 4.78 is 31.4. The van der Waals surface area contributed by atoms with Gasteiger partial charge in [-0.2, -0.15) is 4.31 Å². The molecule has 0 saturated carbocycles. The fraction of sp³-hybridized carbons (Fsp3) is 0.538. The van der Waals surface area contributed by atoms with Crippen LogP contribution < -0.4 is 4.74 Å². The van der Waals surface area contributed by atoms with Crippen LogP contribution in [0.5, 0.6) is 5.75 Å². The van der Waals surface area contributed by atoms with Crippen molar-refractivity contribution < 1.29 is 18.3 Å². The minimum atomic E-state index is -3.58. The number of aliphatic hydroxyl groups is 1. The Morgan fingerprint density at radius 1 is 1.47 bits per heavy atom. The van der Waals surface area contributed by atoms with E-state index >= 15 is 0 Å². The molecule has 0 spiro atoms. The third kappa shape index (κ3) is 2.61. The van der Waals surface area contributed by atoms with Crippen molar-refractivity contribution in [3.63, 3.8) is 0 Å². The molecule has 1 aliphatic rings. The van der Waals surface area contributed by atoms with Gasteiger partial charge in [0, 0.05) is 19.2 Å². The highest BCUT2D eigenvalue weighted by molar-refractivity contribution is 7.89. The summed E-state index contributed by atoms with van der Waals surface area (Å²) in [5.74, 6) is 0.410. The summed E-state index contributed by atoms with van der Waals surface area (Å²) in [6.07, 6.45) is 0. The molecule has 2 rings (SSSR count). The Hall–Kier alpha value is -1.11. The molecule has 1 aromatic carbocycles. The van der Waals surface area contributed by atoms with E-state index in [0.717, 1.165) is 0 Å². The topological polar surface area (TPSA) is 66.8 Å². The molecular formula is C13H19NO4S. The molecule has 1 N–H and O–H groups in total. The number of β-amino-alcohol motifs (C(OH)–C–C–N with tert-alkyl or cyclic N) is 1. The average Bonchev–Trinajstić information content (AvgIpc) is 2.64. The number of methoxy groups -OCH3 is 1. The van der Waals surface area contributed by atoms with Crippen LogP contribution in [0.1, 0.15) is 13.8 Å². The molecule has 0 unspecified atom stereocenters. The lowest BCUT2D eigenvalue weighted by atomic mass is 9.95. The summed E-state index contributed by atoms with van der Waals surface area (Å²) in [6.45, 7) is 3.96. The monoisotopic (exact) mass is 285 g/mol. The molecule has 0 bridgehead atoms. The van der Waals surface area contributed by atoms with Gasteiger partial charge in [-0.1, -0.05) is 13.0 Å². The number of ether oxygens (including phenoxy) is 1. The largest absolute Gasteiger partial charge is 0.497 e. The predicted molar refractivity (Wildman–Crippen MR) is 71.5 cm³/mol. The van der Waals surface area contributed by atoms with Crippen molar-refractivity contribution in [3.8, 4) is 5.75 Å². The van der Waals surface area contributed by atoms with E-state index in [2.05, 4.69) is 0 Å². The van der Waals surface area contributed by atoms with Crippen LogP contribution in [0.2, 0.25) is 0 Å². The Morgan fingerprint density at radius 2 is 2.16 bits per heavy atom. The summed E-state index contributed by atoms with van der Waals surface area (Å²) in [4.78, 5) is 0.191. The summed E-state index contributed by atoms with van der Waals surface area (Å²) in [5.41, 5.74) is -0.980. The first-order chi connectivity index (χ1) is 8.77. The smallest absolute Gasteiger partial charge is 0.243 e. The van der Waals surface area contributed by atoms with E-state index < -0.39 is 15.6 Å². The molecule has 6 heteroatoms. The van der Waals surface area contributed by atoms with Crippen LogP contribution in [0.4, 0.5) is 0 Å². The lowest BCUT2D eigenvalue weighted by molar-refractivity contribution is 0.0404. The molecule has 19 heavy (non-hydrogen) atoms. The maximum absolute atomic E-state index is 12.5. The summed E-state index contributed by atoms with van der Waals surface area (Å²) in [6, 6.07) is 6.37. The van der Waals surface area contributed by atoms with Gasteiger partial charge in [0.15, 0.2) is 0 Å². The standard InChI is InChI=1S/C13H19NO4S/c1-10-8-14(9-13(10,2)15)19(16,17)12-6-4-5-11(7-12)18-3/h4-7,10,15H,8-9H2,1-3H3/t10-,13+/m1/s1. The van der Waals surface area contributed by atoms with Crippen LogP contribution >= 0.6 is 0 Å². The number of benzene rings is 1. The molecule has 106 valence electrons. The van der Waals surface area contributed by atoms with Crippen molar-refractivity contribution in [2.45, 2.75) is 24.3 Å². The minimum Gasteiger partial charge on any atom is -0.497 e. The quantitative estimate of drug-likeness (QED) is 0.902. The molecule has 1 heterocycles. The summed E-state index contributed by atoms with van der Waals surface area (Å²) in [7, 11) is -2.09. The van der Waals surface area contributed by atoms with Crippen molar-refractivity contribution >= 4 is 10.0 Å². The van der Waals surface area contributed by atoms with Crippen molar-refractivity contribution in [1.29, 1.82) is 0 Å². The maximum atomic E-state index is 12.5. The molecule has 1 fully saturated rings. The van der Waals surface area contributed by atoms with E-state index in [1.165, 1.54) is 23.5 Å². The predicted octanol–water partition coefficient (Wildman–Crippen LogP) is 1.09. The number of rotatable bonds is 3. The molecule has 5 nitrogen and oxygen atoms in total. The highest BCUT2D eigenvalue weighted by Gasteiger charge is 2.43. The Labute approximate surface area is 113 Å². The molecule has 0 aliphatic carbocycles. The van der Waals surface area contributed by atoms with Crippen molar-refractivity contribution in [2.75, 3.05) is 20.2 Å². The van der Waals surface area contributed by atoms with Gasteiger partial charge in [-0.25, -0.2) is 8.42 Å². The molecule has 1 saturated heterocycles. The van der Waals surface area contributed by atoms with Gasteiger partial charge in [0.05, 0.1) is 17.6 Å². The molecular weight excluding hydrogens is 266 g/mol. The van der Waals surface area contributed by atoms with Gasteiger partial charge in [0.25, 0.3) is 0 Å². The van der Waals surface area contributed by atoms with E-state index in [1.807, 2.05) is 6.92 Å². The van der Waals surface area contributed by atoms with Gasteiger partial charge in [0.1, 0.15) is 5.75 Å². The Bertz CT molecular complexity index is 568. The second kappa shape index (κ2) is 4.77. The zero-order valence-electron chi connectivity index (χ0n) is 11.3. The first-order valence-corrected chi connectivity index (χ1v) is 7.58. The first kappa shape index (κ1) is 14.3. The SMILES string of the molecule is COc1cccc(S(=O)(=O)N2C[C@@H](C)[C@@](C)(O)C2)c1. The summed E-state index contributed by atoms with van der Waals surface area (Å²) >= 11 is 0. The van der Waals surface area contributed by atoms with Crippen molar-refractivity contribution in [3.05, 3.63) is 24.3 Å². The van der Waals surface area contributed by atoms with Crippen molar-refractivity contribution in [2.24, 2.45) is 5.92 Å². The lowest BCUT2D eigenvalue weighted by Gasteiger charge is -2.20. The number of nitrogens with zero attached hydrogens (tertiary/aromatic N) is 1. The van der Waals surface area contributed by atoms with Crippen LogP contribution in [-0.4, -0.2) is 43.6 Å². The lowest BCUT2D eigenvalue weighted by Crippen LogP contribution is -2.35. The second-order valence-electron chi connectivity index (χ2n) is 5.23.